The lowest BCUT2D eigenvalue weighted by molar-refractivity contribution is 0.153. The summed E-state index contributed by atoms with van der Waals surface area (Å²) in [5, 5.41) is 9.90. The van der Waals surface area contributed by atoms with Crippen LogP contribution in [-0.4, -0.2) is 61.3 Å². The summed E-state index contributed by atoms with van der Waals surface area (Å²) in [4.78, 5) is 4.87. The van der Waals surface area contributed by atoms with Crippen molar-refractivity contribution in [2.45, 2.75) is 19.8 Å². The maximum absolute atomic E-state index is 9.90. The lowest BCUT2D eigenvalue weighted by Gasteiger charge is -2.32. The molecule has 4 heteroatoms. The Morgan fingerprint density at radius 3 is 2.65 bits per heavy atom. The van der Waals surface area contributed by atoms with Crippen LogP contribution in [0.15, 0.2) is 18.2 Å². The zero-order chi connectivity index (χ0) is 14.4. The fraction of sp³-hybridized carbons (Fsp3) is 0.625. The summed E-state index contributed by atoms with van der Waals surface area (Å²) in [5.74, 6) is 1.23. The minimum absolute atomic E-state index is 0.381. The van der Waals surface area contributed by atoms with Gasteiger partial charge in [-0.15, -0.1) is 0 Å². The second-order valence-corrected chi connectivity index (χ2v) is 5.47. The van der Waals surface area contributed by atoms with Crippen LogP contribution >= 0.6 is 0 Å². The van der Waals surface area contributed by atoms with Gasteiger partial charge in [-0.25, -0.2) is 0 Å². The number of benzene rings is 1. The van der Waals surface area contributed by atoms with Gasteiger partial charge in [0.15, 0.2) is 0 Å². The van der Waals surface area contributed by atoms with E-state index in [1.54, 1.807) is 6.07 Å². The molecular weight excluding hydrogens is 252 g/mol. The van der Waals surface area contributed by atoms with Crippen molar-refractivity contribution in [3.8, 4) is 11.5 Å². The predicted octanol–water partition coefficient (Wildman–Crippen LogP) is 1.97. The van der Waals surface area contributed by atoms with E-state index in [0.717, 1.165) is 56.9 Å². The summed E-state index contributed by atoms with van der Waals surface area (Å²) in [6.07, 6.45) is 1.98. The number of piperazine rings is 1. The quantitative estimate of drug-likeness (QED) is 0.863. The summed E-state index contributed by atoms with van der Waals surface area (Å²) in [6.45, 7) is 8.36. The van der Waals surface area contributed by atoms with Crippen LogP contribution in [0.3, 0.4) is 0 Å². The van der Waals surface area contributed by atoms with Crippen molar-refractivity contribution >= 4 is 0 Å². The first kappa shape index (κ1) is 15.1. The van der Waals surface area contributed by atoms with Crippen LogP contribution < -0.4 is 4.74 Å². The molecule has 1 aromatic carbocycles. The summed E-state index contributed by atoms with van der Waals surface area (Å²) < 4.78 is 5.48. The van der Waals surface area contributed by atoms with Crippen LogP contribution in [0.5, 0.6) is 11.5 Å². The van der Waals surface area contributed by atoms with E-state index in [4.69, 9.17) is 4.74 Å². The number of aromatic hydroxyl groups is 1. The van der Waals surface area contributed by atoms with Crippen LogP contribution in [0.1, 0.15) is 18.9 Å². The van der Waals surface area contributed by atoms with Gasteiger partial charge < -0.3 is 19.6 Å². The summed E-state index contributed by atoms with van der Waals surface area (Å²) in [6, 6.07) is 5.52. The molecule has 1 saturated heterocycles. The van der Waals surface area contributed by atoms with Crippen molar-refractivity contribution < 1.29 is 9.84 Å². The van der Waals surface area contributed by atoms with Crippen LogP contribution in [-0.2, 0) is 6.42 Å². The van der Waals surface area contributed by atoms with Gasteiger partial charge in [0, 0.05) is 26.2 Å². The topological polar surface area (TPSA) is 35.9 Å². The molecule has 0 aromatic heterocycles. The van der Waals surface area contributed by atoms with E-state index in [1.165, 1.54) is 0 Å². The van der Waals surface area contributed by atoms with Gasteiger partial charge in [-0.2, -0.15) is 0 Å². The van der Waals surface area contributed by atoms with Gasteiger partial charge >= 0.3 is 0 Å². The second kappa shape index (κ2) is 7.50. The van der Waals surface area contributed by atoms with Crippen molar-refractivity contribution in [3.05, 3.63) is 23.8 Å². The highest BCUT2D eigenvalue weighted by molar-refractivity contribution is 5.39. The Kier molecular flexibility index (Phi) is 5.68. The Bertz CT molecular complexity index is 415. The largest absolute Gasteiger partial charge is 0.508 e. The number of phenolic OH excluding ortho intramolecular Hbond substituents is 1. The van der Waals surface area contributed by atoms with Gasteiger partial charge in [-0.3, -0.25) is 0 Å². The first-order valence-electron chi connectivity index (χ1n) is 7.54. The van der Waals surface area contributed by atoms with Crippen LogP contribution in [0.25, 0.3) is 0 Å². The molecule has 0 unspecified atom stereocenters. The smallest absolute Gasteiger partial charge is 0.119 e. The molecule has 1 N–H and O–H groups in total. The minimum Gasteiger partial charge on any atom is -0.508 e. The van der Waals surface area contributed by atoms with Gasteiger partial charge in [-0.1, -0.05) is 0 Å². The highest BCUT2D eigenvalue weighted by atomic mass is 16.5. The molecule has 0 radical (unpaired) electrons. The Morgan fingerprint density at radius 2 is 1.95 bits per heavy atom. The molecule has 20 heavy (non-hydrogen) atoms. The molecule has 112 valence electrons. The molecule has 1 heterocycles. The lowest BCUT2D eigenvalue weighted by atomic mass is 10.1. The Balaban J connectivity index is 1.79. The van der Waals surface area contributed by atoms with Gasteiger partial charge in [-0.05, 0) is 57.1 Å². The predicted molar refractivity (Wildman–Crippen MR) is 81.5 cm³/mol. The average molecular weight is 278 g/mol. The summed E-state index contributed by atoms with van der Waals surface area (Å²) >= 11 is 0. The zero-order valence-electron chi connectivity index (χ0n) is 12.6. The molecule has 4 nitrogen and oxygen atoms in total. The van der Waals surface area contributed by atoms with Gasteiger partial charge in [0.05, 0.1) is 6.61 Å². The third-order valence-electron chi connectivity index (χ3n) is 3.88. The Labute approximate surface area is 122 Å². The van der Waals surface area contributed by atoms with E-state index in [2.05, 4.69) is 16.8 Å². The molecule has 0 amide bonds. The number of rotatable bonds is 6. The SMILES string of the molecule is CCOc1ccc(O)c(CCCN2CCN(C)CC2)c1. The fourth-order valence-corrected chi connectivity index (χ4v) is 2.58. The maximum atomic E-state index is 9.90. The van der Waals surface area contributed by atoms with E-state index in [-0.39, 0.29) is 0 Å². The van der Waals surface area contributed by atoms with Crippen molar-refractivity contribution in [1.29, 1.82) is 0 Å². The summed E-state index contributed by atoms with van der Waals surface area (Å²) in [5.41, 5.74) is 0.991. The maximum Gasteiger partial charge on any atom is 0.119 e. The molecule has 0 spiro atoms. The molecule has 2 rings (SSSR count). The number of nitrogens with zero attached hydrogens (tertiary/aromatic N) is 2. The number of hydrogen-bond acceptors (Lipinski definition) is 4. The molecule has 0 bridgehead atoms. The van der Waals surface area contributed by atoms with E-state index < -0.39 is 0 Å². The van der Waals surface area contributed by atoms with Crippen LogP contribution in [0, 0.1) is 0 Å². The first-order valence-corrected chi connectivity index (χ1v) is 7.54. The van der Waals surface area contributed by atoms with E-state index in [0.29, 0.717) is 12.4 Å². The average Bonchev–Trinajstić information content (AvgIpc) is 2.45. The molecule has 1 aromatic rings. The fourth-order valence-electron chi connectivity index (χ4n) is 2.58. The molecule has 0 aliphatic carbocycles. The minimum atomic E-state index is 0.381. The lowest BCUT2D eigenvalue weighted by Crippen LogP contribution is -2.44. The normalized spacial score (nSPS) is 17.3. The standard InChI is InChI=1S/C16H26N2O2/c1-3-20-15-6-7-16(19)14(13-15)5-4-8-18-11-9-17(2)10-12-18/h6-7,13,19H,3-5,8-12H2,1-2H3. The van der Waals surface area contributed by atoms with Crippen LogP contribution in [0.4, 0.5) is 0 Å². The van der Waals surface area contributed by atoms with Gasteiger partial charge in [0.2, 0.25) is 0 Å². The molecule has 1 aliphatic rings. The number of ether oxygens (including phenoxy) is 1. The van der Waals surface area contributed by atoms with Gasteiger partial charge in [0.1, 0.15) is 11.5 Å². The Hall–Kier alpha value is -1.26. The van der Waals surface area contributed by atoms with E-state index in [1.807, 2.05) is 19.1 Å². The molecule has 1 fully saturated rings. The number of hydrogen-bond donors (Lipinski definition) is 1. The monoisotopic (exact) mass is 278 g/mol. The summed E-state index contributed by atoms with van der Waals surface area (Å²) in [7, 11) is 2.18. The molecule has 0 saturated carbocycles. The van der Waals surface area contributed by atoms with E-state index in [9.17, 15) is 5.11 Å². The highest BCUT2D eigenvalue weighted by Gasteiger charge is 2.13. The molecule has 1 aliphatic heterocycles. The highest BCUT2D eigenvalue weighted by Crippen LogP contribution is 2.24. The zero-order valence-corrected chi connectivity index (χ0v) is 12.6. The van der Waals surface area contributed by atoms with E-state index >= 15 is 0 Å². The second-order valence-electron chi connectivity index (χ2n) is 5.47. The number of aryl methyl sites for hydroxylation is 1. The third kappa shape index (κ3) is 4.39. The van der Waals surface area contributed by atoms with Crippen molar-refractivity contribution in [2.75, 3.05) is 46.4 Å². The Morgan fingerprint density at radius 1 is 1.20 bits per heavy atom. The van der Waals surface area contributed by atoms with Gasteiger partial charge in [0.25, 0.3) is 0 Å². The number of likely N-dealkylation sites (N-methyl/N-ethyl adjacent to an activating group) is 1. The molecule has 0 atom stereocenters. The van der Waals surface area contributed by atoms with Crippen molar-refractivity contribution in [3.63, 3.8) is 0 Å². The van der Waals surface area contributed by atoms with Crippen molar-refractivity contribution in [1.82, 2.24) is 9.80 Å². The molecular formula is C16H26N2O2. The first-order chi connectivity index (χ1) is 9.69. The van der Waals surface area contributed by atoms with Crippen molar-refractivity contribution in [2.24, 2.45) is 0 Å². The van der Waals surface area contributed by atoms with Crippen LogP contribution in [0.2, 0.25) is 0 Å². The number of phenols is 1. The third-order valence-corrected chi connectivity index (χ3v) is 3.88.